The summed E-state index contributed by atoms with van der Waals surface area (Å²) in [7, 11) is 0. The van der Waals surface area contributed by atoms with E-state index in [1.165, 1.54) is 4.80 Å². The standard InChI is InChI=1S/C4H4Br2FN3/c5-3-4(6)9-10(8-3)2-1-7/h1-2H2. The van der Waals surface area contributed by atoms with E-state index in [0.717, 1.165) is 0 Å². The first-order valence-corrected chi connectivity index (χ1v) is 4.14. The van der Waals surface area contributed by atoms with Gasteiger partial charge in [-0.3, -0.25) is 0 Å². The van der Waals surface area contributed by atoms with Crippen LogP contribution in [0.5, 0.6) is 0 Å². The third-order valence-electron chi connectivity index (χ3n) is 0.861. The van der Waals surface area contributed by atoms with Gasteiger partial charge in [0.1, 0.15) is 6.67 Å². The summed E-state index contributed by atoms with van der Waals surface area (Å²) in [6, 6.07) is 0. The topological polar surface area (TPSA) is 30.7 Å². The summed E-state index contributed by atoms with van der Waals surface area (Å²) in [6.45, 7) is -0.252. The van der Waals surface area contributed by atoms with Gasteiger partial charge in [-0.15, -0.1) is 10.2 Å². The fourth-order valence-electron chi connectivity index (χ4n) is 0.483. The van der Waals surface area contributed by atoms with Crippen LogP contribution in [-0.4, -0.2) is 21.7 Å². The molecule has 0 radical (unpaired) electrons. The van der Waals surface area contributed by atoms with E-state index >= 15 is 0 Å². The number of hydrogen-bond donors (Lipinski definition) is 0. The molecule has 1 aromatic heterocycles. The minimum absolute atomic E-state index is 0.199. The van der Waals surface area contributed by atoms with Crippen LogP contribution in [0.3, 0.4) is 0 Å². The first-order valence-electron chi connectivity index (χ1n) is 2.56. The minimum Gasteiger partial charge on any atom is -0.249 e. The SMILES string of the molecule is FCCn1nc(Br)c(Br)n1. The van der Waals surface area contributed by atoms with E-state index in [9.17, 15) is 4.39 Å². The third kappa shape index (κ3) is 1.76. The molecule has 0 aliphatic rings. The zero-order valence-corrected chi connectivity index (χ0v) is 8.06. The zero-order valence-electron chi connectivity index (χ0n) is 4.89. The highest BCUT2D eigenvalue weighted by Crippen LogP contribution is 2.16. The lowest BCUT2D eigenvalue weighted by atomic mass is 10.8. The number of halogens is 3. The maximum atomic E-state index is 11.7. The summed E-state index contributed by atoms with van der Waals surface area (Å²) < 4.78 is 12.9. The summed E-state index contributed by atoms with van der Waals surface area (Å²) in [5.74, 6) is 0. The van der Waals surface area contributed by atoms with Gasteiger partial charge in [0.05, 0.1) is 6.54 Å². The van der Waals surface area contributed by atoms with Crippen molar-refractivity contribution in [1.82, 2.24) is 15.0 Å². The largest absolute Gasteiger partial charge is 0.249 e. The van der Waals surface area contributed by atoms with E-state index in [1.54, 1.807) is 0 Å². The summed E-state index contributed by atoms with van der Waals surface area (Å²) in [4.78, 5) is 1.29. The zero-order chi connectivity index (χ0) is 7.56. The summed E-state index contributed by atoms with van der Waals surface area (Å²) in [5.41, 5.74) is 0. The van der Waals surface area contributed by atoms with Crippen LogP contribution in [-0.2, 0) is 6.54 Å². The molecule has 0 spiro atoms. The van der Waals surface area contributed by atoms with Crippen LogP contribution in [0, 0.1) is 0 Å². The predicted octanol–water partition coefficient (Wildman–Crippen LogP) is 1.77. The average Bonchev–Trinajstić information content (AvgIpc) is 2.14. The molecular weight excluding hydrogens is 269 g/mol. The number of rotatable bonds is 2. The summed E-state index contributed by atoms with van der Waals surface area (Å²) >= 11 is 6.24. The molecule has 1 rings (SSSR count). The van der Waals surface area contributed by atoms with Crippen LogP contribution in [0.2, 0.25) is 0 Å². The highest BCUT2D eigenvalue weighted by atomic mass is 79.9. The molecule has 0 fully saturated rings. The Kier molecular flexibility index (Phi) is 2.79. The van der Waals surface area contributed by atoms with Crippen LogP contribution >= 0.6 is 31.9 Å². The van der Waals surface area contributed by atoms with E-state index in [1.807, 2.05) is 0 Å². The molecule has 3 nitrogen and oxygen atoms in total. The van der Waals surface area contributed by atoms with E-state index < -0.39 is 6.67 Å². The van der Waals surface area contributed by atoms with Crippen LogP contribution < -0.4 is 0 Å². The molecule has 0 aliphatic heterocycles. The van der Waals surface area contributed by atoms with Crippen LogP contribution in [0.4, 0.5) is 4.39 Å². The quantitative estimate of drug-likeness (QED) is 0.822. The van der Waals surface area contributed by atoms with E-state index in [0.29, 0.717) is 9.21 Å². The Hall–Kier alpha value is 0.0300. The Labute approximate surface area is 73.9 Å². The third-order valence-corrected chi connectivity index (χ3v) is 2.46. The van der Waals surface area contributed by atoms with Crippen molar-refractivity contribution in [3.63, 3.8) is 0 Å². The summed E-state index contributed by atoms with van der Waals surface area (Å²) in [5, 5.41) is 7.67. The lowest BCUT2D eigenvalue weighted by Gasteiger charge is -1.89. The maximum absolute atomic E-state index is 11.7. The van der Waals surface area contributed by atoms with Crippen LogP contribution in [0.15, 0.2) is 9.21 Å². The molecule has 0 aliphatic carbocycles. The second-order valence-electron chi connectivity index (χ2n) is 1.57. The first kappa shape index (κ1) is 8.13. The van der Waals surface area contributed by atoms with Crippen molar-refractivity contribution in [3.8, 4) is 0 Å². The molecule has 0 unspecified atom stereocenters. The smallest absolute Gasteiger partial charge is 0.162 e. The molecule has 1 aromatic rings. The van der Waals surface area contributed by atoms with Gasteiger partial charge in [0.2, 0.25) is 0 Å². The molecule has 0 amide bonds. The monoisotopic (exact) mass is 271 g/mol. The van der Waals surface area contributed by atoms with Gasteiger partial charge >= 0.3 is 0 Å². The van der Waals surface area contributed by atoms with Crippen molar-refractivity contribution >= 4 is 31.9 Å². The Morgan fingerprint density at radius 2 is 1.80 bits per heavy atom. The number of alkyl halides is 1. The molecule has 56 valence electrons. The molecule has 0 saturated carbocycles. The van der Waals surface area contributed by atoms with Crippen LogP contribution in [0.25, 0.3) is 0 Å². The normalized spacial score (nSPS) is 10.3. The maximum Gasteiger partial charge on any atom is 0.162 e. The molecule has 0 aromatic carbocycles. The molecule has 10 heavy (non-hydrogen) atoms. The lowest BCUT2D eigenvalue weighted by Crippen LogP contribution is -2.03. The Bertz CT molecular complexity index is 205. The minimum atomic E-state index is -0.451. The van der Waals surface area contributed by atoms with Crippen molar-refractivity contribution in [2.75, 3.05) is 6.67 Å². The van der Waals surface area contributed by atoms with Gasteiger partial charge < -0.3 is 0 Å². The van der Waals surface area contributed by atoms with Crippen molar-refractivity contribution < 1.29 is 4.39 Å². The average molecular weight is 273 g/mol. The summed E-state index contributed by atoms with van der Waals surface area (Å²) in [6.07, 6.45) is 0. The van der Waals surface area contributed by atoms with Gasteiger partial charge in [-0.2, -0.15) is 4.80 Å². The Morgan fingerprint density at radius 1 is 1.30 bits per heavy atom. The molecule has 0 N–H and O–H groups in total. The predicted molar refractivity (Wildman–Crippen MR) is 41.4 cm³/mol. The molecular formula is C4H4Br2FN3. The second kappa shape index (κ2) is 3.43. The second-order valence-corrected chi connectivity index (χ2v) is 3.07. The molecule has 6 heteroatoms. The highest BCUT2D eigenvalue weighted by Gasteiger charge is 2.02. The van der Waals surface area contributed by atoms with Gasteiger partial charge in [0.25, 0.3) is 0 Å². The Balaban J connectivity index is 2.77. The van der Waals surface area contributed by atoms with Crippen molar-refractivity contribution in [3.05, 3.63) is 9.21 Å². The van der Waals surface area contributed by atoms with Crippen LogP contribution in [0.1, 0.15) is 0 Å². The van der Waals surface area contributed by atoms with Gasteiger partial charge in [0.15, 0.2) is 9.21 Å². The van der Waals surface area contributed by atoms with Gasteiger partial charge in [-0.05, 0) is 31.9 Å². The van der Waals surface area contributed by atoms with E-state index in [2.05, 4.69) is 42.1 Å². The fraction of sp³-hybridized carbons (Fsp3) is 0.500. The molecule has 0 bridgehead atoms. The van der Waals surface area contributed by atoms with E-state index in [4.69, 9.17) is 0 Å². The highest BCUT2D eigenvalue weighted by molar-refractivity contribution is 9.13. The van der Waals surface area contributed by atoms with Gasteiger partial charge in [-0.1, -0.05) is 0 Å². The van der Waals surface area contributed by atoms with Gasteiger partial charge in [0, 0.05) is 0 Å². The number of aryl methyl sites for hydroxylation is 1. The Morgan fingerprint density at radius 3 is 2.20 bits per heavy atom. The molecule has 0 atom stereocenters. The van der Waals surface area contributed by atoms with Crippen molar-refractivity contribution in [2.45, 2.75) is 6.54 Å². The first-order chi connectivity index (χ1) is 4.74. The fourth-order valence-corrected chi connectivity index (χ4v) is 1.01. The molecule has 1 heterocycles. The number of aromatic nitrogens is 3. The number of nitrogens with zero attached hydrogens (tertiary/aromatic N) is 3. The van der Waals surface area contributed by atoms with E-state index in [-0.39, 0.29) is 6.54 Å². The van der Waals surface area contributed by atoms with Gasteiger partial charge in [-0.25, -0.2) is 4.39 Å². The lowest BCUT2D eigenvalue weighted by molar-refractivity contribution is 0.401. The molecule has 0 saturated heterocycles. The number of hydrogen-bond acceptors (Lipinski definition) is 2. The van der Waals surface area contributed by atoms with Crippen molar-refractivity contribution in [2.24, 2.45) is 0 Å². The van der Waals surface area contributed by atoms with Crippen molar-refractivity contribution in [1.29, 1.82) is 0 Å².